The molecule has 0 aliphatic heterocycles. The zero-order valence-electron chi connectivity index (χ0n) is 10.8. The predicted molar refractivity (Wildman–Crippen MR) is 73.3 cm³/mol. The van der Waals surface area contributed by atoms with Gasteiger partial charge in [-0.25, -0.2) is 0 Å². The molecule has 3 rings (SSSR count). The maximum absolute atomic E-state index is 10.8. The van der Waals surface area contributed by atoms with E-state index in [1.807, 2.05) is 24.4 Å². The number of hydrogen-bond donors (Lipinski definition) is 1. The molecule has 1 aromatic heterocycles. The highest BCUT2D eigenvalue weighted by atomic mass is 16.3. The van der Waals surface area contributed by atoms with Crippen molar-refractivity contribution in [3.63, 3.8) is 0 Å². The van der Waals surface area contributed by atoms with E-state index in [4.69, 9.17) is 0 Å². The molecule has 0 amide bonds. The summed E-state index contributed by atoms with van der Waals surface area (Å²) < 4.78 is 0. The first-order valence-corrected chi connectivity index (χ1v) is 6.75. The van der Waals surface area contributed by atoms with Crippen LogP contribution < -0.4 is 0 Å². The minimum atomic E-state index is -0.663. The van der Waals surface area contributed by atoms with Crippen LogP contribution in [0.15, 0.2) is 36.5 Å². The Hall–Kier alpha value is -1.41. The van der Waals surface area contributed by atoms with Crippen LogP contribution in [0.5, 0.6) is 0 Å². The average molecular weight is 241 g/mol. The van der Waals surface area contributed by atoms with Gasteiger partial charge in [0.1, 0.15) is 0 Å². The average Bonchev–Trinajstić information content (AvgIpc) is 2.42. The van der Waals surface area contributed by atoms with Crippen LogP contribution >= 0.6 is 0 Å². The van der Waals surface area contributed by atoms with E-state index in [1.165, 1.54) is 0 Å². The maximum Gasteiger partial charge on any atom is 0.0911 e. The fourth-order valence-corrected chi connectivity index (χ4v) is 2.85. The molecule has 18 heavy (non-hydrogen) atoms. The Kier molecular flexibility index (Phi) is 2.83. The molecular weight excluding hydrogens is 222 g/mol. The second-order valence-electron chi connectivity index (χ2n) is 5.63. The standard InChI is InChI=1S/C16H19NO/c1-12-6-8-16(18,9-7-12)14-10-13-4-2-3-5-15(13)17-11-14/h2-5,10-12,18H,6-9H2,1H3. The Balaban J connectivity index is 1.98. The Morgan fingerprint density at radius 1 is 1.22 bits per heavy atom. The second kappa shape index (κ2) is 4.36. The van der Waals surface area contributed by atoms with Crippen molar-refractivity contribution in [2.45, 2.75) is 38.2 Å². The molecule has 1 fully saturated rings. The second-order valence-corrected chi connectivity index (χ2v) is 5.63. The number of aliphatic hydroxyl groups is 1. The first-order valence-electron chi connectivity index (χ1n) is 6.75. The van der Waals surface area contributed by atoms with Gasteiger partial charge in [-0.2, -0.15) is 0 Å². The van der Waals surface area contributed by atoms with Gasteiger partial charge in [0.05, 0.1) is 11.1 Å². The largest absolute Gasteiger partial charge is 0.385 e. The van der Waals surface area contributed by atoms with Gasteiger partial charge in [0.2, 0.25) is 0 Å². The van der Waals surface area contributed by atoms with Crippen molar-refractivity contribution in [2.24, 2.45) is 5.92 Å². The lowest BCUT2D eigenvalue weighted by atomic mass is 9.76. The SMILES string of the molecule is CC1CCC(O)(c2cnc3ccccc3c2)CC1. The summed E-state index contributed by atoms with van der Waals surface area (Å²) in [6.45, 7) is 2.26. The van der Waals surface area contributed by atoms with E-state index in [0.717, 1.165) is 48.1 Å². The van der Waals surface area contributed by atoms with Crippen molar-refractivity contribution in [1.29, 1.82) is 0 Å². The van der Waals surface area contributed by atoms with E-state index >= 15 is 0 Å². The van der Waals surface area contributed by atoms with E-state index in [9.17, 15) is 5.11 Å². The monoisotopic (exact) mass is 241 g/mol. The lowest BCUT2D eigenvalue weighted by Crippen LogP contribution is -2.30. The predicted octanol–water partition coefficient (Wildman–Crippen LogP) is 3.63. The smallest absolute Gasteiger partial charge is 0.0911 e. The molecule has 2 nitrogen and oxygen atoms in total. The highest BCUT2D eigenvalue weighted by molar-refractivity contribution is 5.78. The van der Waals surface area contributed by atoms with Gasteiger partial charge < -0.3 is 5.11 Å². The third kappa shape index (κ3) is 2.01. The van der Waals surface area contributed by atoms with Gasteiger partial charge in [-0.3, -0.25) is 4.98 Å². The van der Waals surface area contributed by atoms with Crippen LogP contribution in [0.1, 0.15) is 38.2 Å². The summed E-state index contributed by atoms with van der Waals surface area (Å²) >= 11 is 0. The molecule has 2 aromatic rings. The van der Waals surface area contributed by atoms with Gasteiger partial charge in [-0.15, -0.1) is 0 Å². The Morgan fingerprint density at radius 2 is 1.94 bits per heavy atom. The summed E-state index contributed by atoms with van der Waals surface area (Å²) in [5.74, 6) is 0.735. The van der Waals surface area contributed by atoms with Gasteiger partial charge in [0, 0.05) is 17.1 Å². The zero-order chi connectivity index (χ0) is 12.6. The number of pyridine rings is 1. The molecule has 0 bridgehead atoms. The van der Waals surface area contributed by atoms with Crippen LogP contribution in [-0.4, -0.2) is 10.1 Å². The van der Waals surface area contributed by atoms with Gasteiger partial charge >= 0.3 is 0 Å². The van der Waals surface area contributed by atoms with E-state index in [1.54, 1.807) is 0 Å². The van der Waals surface area contributed by atoms with Gasteiger partial charge in [0.25, 0.3) is 0 Å². The Labute approximate surface area is 108 Å². The molecule has 1 aromatic carbocycles. The van der Waals surface area contributed by atoms with Crippen molar-refractivity contribution in [3.05, 3.63) is 42.1 Å². The highest BCUT2D eigenvalue weighted by Crippen LogP contribution is 2.39. The number of fused-ring (bicyclic) bond motifs is 1. The third-order valence-corrected chi connectivity index (χ3v) is 4.23. The lowest BCUT2D eigenvalue weighted by Gasteiger charge is -2.35. The summed E-state index contributed by atoms with van der Waals surface area (Å²) in [6.07, 6.45) is 5.76. The molecule has 0 spiro atoms. The summed E-state index contributed by atoms with van der Waals surface area (Å²) in [5.41, 5.74) is 1.31. The summed E-state index contributed by atoms with van der Waals surface area (Å²) in [7, 11) is 0. The minimum absolute atomic E-state index is 0.663. The van der Waals surface area contributed by atoms with E-state index in [2.05, 4.69) is 24.0 Å². The Morgan fingerprint density at radius 3 is 2.72 bits per heavy atom. The Bertz CT molecular complexity index is 556. The van der Waals surface area contributed by atoms with Crippen LogP contribution in [-0.2, 0) is 5.60 Å². The number of para-hydroxylation sites is 1. The number of hydrogen-bond acceptors (Lipinski definition) is 2. The quantitative estimate of drug-likeness (QED) is 0.827. The molecular formula is C16H19NO. The van der Waals surface area contributed by atoms with Gasteiger partial charge in [0.15, 0.2) is 0 Å². The normalized spacial score (nSPS) is 28.4. The van der Waals surface area contributed by atoms with Gasteiger partial charge in [-0.1, -0.05) is 25.1 Å². The molecule has 1 heterocycles. The summed E-state index contributed by atoms with van der Waals surface area (Å²) in [5, 5.41) is 11.9. The first-order chi connectivity index (χ1) is 8.67. The summed E-state index contributed by atoms with van der Waals surface area (Å²) in [4.78, 5) is 4.46. The molecule has 0 unspecified atom stereocenters. The molecule has 1 N–H and O–H groups in total. The fourth-order valence-electron chi connectivity index (χ4n) is 2.85. The summed E-state index contributed by atoms with van der Waals surface area (Å²) in [6, 6.07) is 10.2. The van der Waals surface area contributed by atoms with E-state index in [-0.39, 0.29) is 0 Å². The topological polar surface area (TPSA) is 33.1 Å². The van der Waals surface area contributed by atoms with Crippen molar-refractivity contribution < 1.29 is 5.11 Å². The zero-order valence-corrected chi connectivity index (χ0v) is 10.8. The highest BCUT2D eigenvalue weighted by Gasteiger charge is 2.33. The fraction of sp³-hybridized carbons (Fsp3) is 0.438. The molecule has 0 atom stereocenters. The molecule has 0 radical (unpaired) electrons. The van der Waals surface area contributed by atoms with E-state index in [0.29, 0.717) is 0 Å². The van der Waals surface area contributed by atoms with Gasteiger partial charge in [-0.05, 0) is 43.7 Å². The molecule has 0 saturated heterocycles. The van der Waals surface area contributed by atoms with Crippen LogP contribution in [0.3, 0.4) is 0 Å². The number of nitrogens with zero attached hydrogens (tertiary/aromatic N) is 1. The third-order valence-electron chi connectivity index (χ3n) is 4.23. The maximum atomic E-state index is 10.8. The number of aromatic nitrogens is 1. The van der Waals surface area contributed by atoms with Crippen LogP contribution in [0, 0.1) is 5.92 Å². The van der Waals surface area contributed by atoms with Crippen molar-refractivity contribution in [1.82, 2.24) is 4.98 Å². The van der Waals surface area contributed by atoms with Crippen LogP contribution in [0.2, 0.25) is 0 Å². The van der Waals surface area contributed by atoms with Crippen molar-refractivity contribution in [2.75, 3.05) is 0 Å². The van der Waals surface area contributed by atoms with E-state index < -0.39 is 5.60 Å². The minimum Gasteiger partial charge on any atom is -0.385 e. The molecule has 1 saturated carbocycles. The molecule has 94 valence electrons. The molecule has 1 aliphatic rings. The molecule has 2 heteroatoms. The first kappa shape index (κ1) is 11.7. The lowest BCUT2D eigenvalue weighted by molar-refractivity contribution is -0.0121. The number of benzene rings is 1. The van der Waals surface area contributed by atoms with Crippen LogP contribution in [0.4, 0.5) is 0 Å². The molecule has 1 aliphatic carbocycles. The van der Waals surface area contributed by atoms with Crippen LogP contribution in [0.25, 0.3) is 10.9 Å². The van der Waals surface area contributed by atoms with Crippen molar-refractivity contribution >= 4 is 10.9 Å². The number of rotatable bonds is 1. The van der Waals surface area contributed by atoms with Crippen molar-refractivity contribution in [3.8, 4) is 0 Å².